The molecule has 0 saturated carbocycles. The quantitative estimate of drug-likeness (QED) is 0.655. The van der Waals surface area contributed by atoms with E-state index in [1.54, 1.807) is 44.2 Å². The molecule has 0 spiro atoms. The first kappa shape index (κ1) is 19.8. The minimum absolute atomic E-state index is 0.0785. The molecule has 0 atom stereocenters. The van der Waals surface area contributed by atoms with E-state index in [0.717, 1.165) is 5.69 Å². The molecule has 0 saturated heterocycles. The average Bonchev–Trinajstić information content (AvgIpc) is 2.60. The number of sulfonamides is 1. The fourth-order valence-corrected chi connectivity index (χ4v) is 3.96. The monoisotopic (exact) mass is 396 g/mol. The lowest BCUT2D eigenvalue weighted by Crippen LogP contribution is -2.15. The highest BCUT2D eigenvalue weighted by Gasteiger charge is 2.16. The number of hydrogen-bond donors (Lipinski definition) is 2. The molecular weight excluding hydrogens is 372 g/mol. The normalized spacial score (nSPS) is 11.3. The average molecular weight is 397 g/mol. The predicted octanol–water partition coefficient (Wildman–Crippen LogP) is 4.12. The van der Waals surface area contributed by atoms with Crippen LogP contribution >= 0.6 is 0 Å². The van der Waals surface area contributed by atoms with E-state index in [0.29, 0.717) is 17.9 Å². The number of benzene rings is 2. The molecule has 0 aliphatic carbocycles. The zero-order valence-electron chi connectivity index (χ0n) is 16.4. The minimum Gasteiger partial charge on any atom is -0.381 e. The van der Waals surface area contributed by atoms with E-state index in [9.17, 15) is 8.42 Å². The third-order valence-electron chi connectivity index (χ3n) is 4.49. The molecule has 2 aromatic carbocycles. The van der Waals surface area contributed by atoms with Crippen molar-refractivity contribution in [3.05, 3.63) is 76.6 Å². The molecule has 7 heteroatoms. The van der Waals surface area contributed by atoms with E-state index in [4.69, 9.17) is 0 Å². The molecule has 0 aliphatic rings. The van der Waals surface area contributed by atoms with Gasteiger partial charge in [0.1, 0.15) is 0 Å². The first-order valence-electron chi connectivity index (χ1n) is 8.99. The Kier molecular flexibility index (Phi) is 5.65. The lowest BCUT2D eigenvalue weighted by atomic mass is 10.0. The smallest absolute Gasteiger partial charge is 0.264 e. The van der Waals surface area contributed by atoms with Crippen molar-refractivity contribution < 1.29 is 8.42 Å². The highest BCUT2D eigenvalue weighted by atomic mass is 32.2. The van der Waals surface area contributed by atoms with Crippen molar-refractivity contribution in [2.75, 3.05) is 10.0 Å². The standard InChI is InChI=1S/C21H24N4O2S/c1-14-6-5-7-15(2)20(14)13-22-18-8-10-19(11-9-18)28(26,27)25-21-23-16(3)12-17(4)24-21/h5-12,22H,13H2,1-4H3,(H,23,24,25). The largest absolute Gasteiger partial charge is 0.381 e. The van der Waals surface area contributed by atoms with E-state index in [-0.39, 0.29) is 10.8 Å². The summed E-state index contributed by atoms with van der Waals surface area (Å²) < 4.78 is 27.6. The molecular formula is C21H24N4O2S. The van der Waals surface area contributed by atoms with E-state index in [1.807, 2.05) is 6.07 Å². The van der Waals surface area contributed by atoms with Crippen LogP contribution in [0, 0.1) is 27.7 Å². The number of aromatic nitrogens is 2. The van der Waals surface area contributed by atoms with Gasteiger partial charge in [0.15, 0.2) is 0 Å². The van der Waals surface area contributed by atoms with Crippen molar-refractivity contribution in [2.24, 2.45) is 0 Å². The van der Waals surface area contributed by atoms with Crippen LogP contribution < -0.4 is 10.0 Å². The highest BCUT2D eigenvalue weighted by Crippen LogP contribution is 2.19. The molecule has 1 aromatic heterocycles. The number of hydrogen-bond acceptors (Lipinski definition) is 5. The van der Waals surface area contributed by atoms with Crippen LogP contribution in [0.2, 0.25) is 0 Å². The SMILES string of the molecule is Cc1cc(C)nc(NS(=O)(=O)c2ccc(NCc3c(C)cccc3C)cc2)n1. The van der Waals surface area contributed by atoms with Crippen molar-refractivity contribution in [2.45, 2.75) is 39.1 Å². The van der Waals surface area contributed by atoms with Gasteiger partial charge in [-0.3, -0.25) is 0 Å². The minimum atomic E-state index is -3.75. The first-order chi connectivity index (χ1) is 13.2. The van der Waals surface area contributed by atoms with E-state index in [2.05, 4.69) is 46.0 Å². The van der Waals surface area contributed by atoms with Crippen LogP contribution in [-0.2, 0) is 16.6 Å². The molecule has 0 radical (unpaired) electrons. The number of rotatable bonds is 6. The Bertz CT molecular complexity index is 1050. The third-order valence-corrected chi connectivity index (χ3v) is 5.83. The van der Waals surface area contributed by atoms with Crippen LogP contribution in [0.1, 0.15) is 28.1 Å². The molecule has 0 unspecified atom stereocenters. The lowest BCUT2D eigenvalue weighted by molar-refractivity contribution is 0.601. The van der Waals surface area contributed by atoms with Gasteiger partial charge >= 0.3 is 0 Å². The molecule has 2 N–H and O–H groups in total. The van der Waals surface area contributed by atoms with Crippen LogP contribution in [0.15, 0.2) is 53.4 Å². The predicted molar refractivity (Wildman–Crippen MR) is 112 cm³/mol. The number of anilines is 2. The summed E-state index contributed by atoms with van der Waals surface area (Å²) in [5.41, 5.74) is 5.96. The molecule has 28 heavy (non-hydrogen) atoms. The zero-order valence-corrected chi connectivity index (χ0v) is 17.3. The molecule has 146 valence electrons. The Morgan fingerprint density at radius 2 is 1.43 bits per heavy atom. The Labute approximate surface area is 166 Å². The van der Waals surface area contributed by atoms with E-state index >= 15 is 0 Å². The molecule has 3 rings (SSSR count). The van der Waals surface area contributed by atoms with Crippen LogP contribution in [0.4, 0.5) is 11.6 Å². The van der Waals surface area contributed by atoms with Gasteiger partial charge in [0.25, 0.3) is 10.0 Å². The van der Waals surface area contributed by atoms with Gasteiger partial charge in [-0.1, -0.05) is 18.2 Å². The van der Waals surface area contributed by atoms with Crippen molar-refractivity contribution in [3.63, 3.8) is 0 Å². The Morgan fingerprint density at radius 3 is 2.00 bits per heavy atom. The fraction of sp³-hybridized carbons (Fsp3) is 0.238. The molecule has 0 aliphatic heterocycles. The second-order valence-electron chi connectivity index (χ2n) is 6.83. The topological polar surface area (TPSA) is 84.0 Å². The zero-order chi connectivity index (χ0) is 20.3. The molecule has 0 fully saturated rings. The van der Waals surface area contributed by atoms with Gasteiger partial charge in [-0.25, -0.2) is 23.1 Å². The Hall–Kier alpha value is -2.93. The molecule has 0 bridgehead atoms. The fourth-order valence-electron chi connectivity index (χ4n) is 3.02. The Balaban J connectivity index is 1.72. The van der Waals surface area contributed by atoms with E-state index in [1.165, 1.54) is 16.7 Å². The summed E-state index contributed by atoms with van der Waals surface area (Å²) in [5, 5.41) is 3.35. The van der Waals surface area contributed by atoms with Gasteiger partial charge in [-0.15, -0.1) is 0 Å². The Morgan fingerprint density at radius 1 is 0.857 bits per heavy atom. The lowest BCUT2D eigenvalue weighted by Gasteiger charge is -2.13. The second-order valence-corrected chi connectivity index (χ2v) is 8.51. The van der Waals surface area contributed by atoms with Gasteiger partial charge in [0.05, 0.1) is 4.90 Å². The van der Waals surface area contributed by atoms with Crippen LogP contribution in [-0.4, -0.2) is 18.4 Å². The van der Waals surface area contributed by atoms with Crippen molar-refractivity contribution >= 4 is 21.7 Å². The highest BCUT2D eigenvalue weighted by molar-refractivity contribution is 7.92. The number of nitrogens with one attached hydrogen (secondary N) is 2. The molecule has 6 nitrogen and oxygen atoms in total. The van der Waals surface area contributed by atoms with Gasteiger partial charge in [0.2, 0.25) is 5.95 Å². The second kappa shape index (κ2) is 7.98. The summed E-state index contributed by atoms with van der Waals surface area (Å²) in [4.78, 5) is 8.42. The number of aryl methyl sites for hydroxylation is 4. The van der Waals surface area contributed by atoms with E-state index < -0.39 is 10.0 Å². The molecule has 3 aromatic rings. The third kappa shape index (κ3) is 4.67. The van der Waals surface area contributed by atoms with Gasteiger partial charge in [-0.2, -0.15) is 0 Å². The number of nitrogens with zero attached hydrogens (tertiary/aromatic N) is 2. The molecule has 1 heterocycles. The van der Waals surface area contributed by atoms with Gasteiger partial charge in [-0.05, 0) is 74.7 Å². The molecule has 0 amide bonds. The first-order valence-corrected chi connectivity index (χ1v) is 10.5. The van der Waals surface area contributed by atoms with Crippen LogP contribution in [0.3, 0.4) is 0 Å². The summed E-state index contributed by atoms with van der Waals surface area (Å²) >= 11 is 0. The summed E-state index contributed by atoms with van der Waals surface area (Å²) in [6.45, 7) is 8.44. The van der Waals surface area contributed by atoms with Crippen molar-refractivity contribution in [1.82, 2.24) is 9.97 Å². The van der Waals surface area contributed by atoms with Gasteiger partial charge in [0, 0.05) is 23.6 Å². The maximum atomic E-state index is 12.6. The van der Waals surface area contributed by atoms with Crippen LogP contribution in [0.25, 0.3) is 0 Å². The summed E-state index contributed by atoms with van der Waals surface area (Å²) in [7, 11) is -3.75. The summed E-state index contributed by atoms with van der Waals surface area (Å²) in [5.74, 6) is 0.0785. The summed E-state index contributed by atoms with van der Waals surface area (Å²) in [6, 6.07) is 14.6. The maximum Gasteiger partial charge on any atom is 0.264 e. The maximum absolute atomic E-state index is 12.6. The van der Waals surface area contributed by atoms with Gasteiger partial charge < -0.3 is 5.32 Å². The van der Waals surface area contributed by atoms with Crippen LogP contribution in [0.5, 0.6) is 0 Å². The van der Waals surface area contributed by atoms with Crippen molar-refractivity contribution in [3.8, 4) is 0 Å². The van der Waals surface area contributed by atoms with Crippen molar-refractivity contribution in [1.29, 1.82) is 0 Å². The summed E-state index contributed by atoms with van der Waals surface area (Å²) in [6.07, 6.45) is 0.